The van der Waals surface area contributed by atoms with Crippen LogP contribution in [0.2, 0.25) is 0 Å². The first-order valence-corrected chi connectivity index (χ1v) is 10.7. The van der Waals surface area contributed by atoms with Crippen molar-refractivity contribution in [1.29, 1.82) is 0 Å². The first kappa shape index (κ1) is 24.1. The van der Waals surface area contributed by atoms with E-state index in [2.05, 4.69) is 20.4 Å². The molecule has 0 aliphatic rings. The molecule has 1 N–H and O–H groups in total. The zero-order valence-electron chi connectivity index (χ0n) is 18.9. The zero-order valence-corrected chi connectivity index (χ0v) is 18.9. The number of aromatic nitrogens is 4. The van der Waals surface area contributed by atoms with Crippen LogP contribution in [0.15, 0.2) is 48.5 Å². The Balaban J connectivity index is 1.39. The third-order valence-corrected chi connectivity index (χ3v) is 5.34. The van der Waals surface area contributed by atoms with Gasteiger partial charge < -0.3 is 10.1 Å². The first-order chi connectivity index (χ1) is 16.6. The fourth-order valence-electron chi connectivity index (χ4n) is 3.56. The second-order valence-electron chi connectivity index (χ2n) is 7.90. The highest BCUT2D eigenvalue weighted by molar-refractivity contribution is 5.91. The third-order valence-electron chi connectivity index (χ3n) is 5.34. The SMILES string of the molecule is Cc1nc2nc(C(F)(F)F)nn2c(C)c1CCC(=O)Nc1cccc(OCc2ccc(F)cc2)c1. The smallest absolute Gasteiger partial charge is 0.453 e. The summed E-state index contributed by atoms with van der Waals surface area (Å²) < 4.78 is 58.6. The van der Waals surface area contributed by atoms with Crippen LogP contribution in [-0.2, 0) is 24.0 Å². The van der Waals surface area contributed by atoms with E-state index in [9.17, 15) is 22.4 Å². The lowest BCUT2D eigenvalue weighted by Crippen LogP contribution is -2.14. The maximum atomic E-state index is 13.0. The number of fused-ring (bicyclic) bond motifs is 1. The van der Waals surface area contributed by atoms with Crippen molar-refractivity contribution in [3.8, 4) is 5.75 Å². The van der Waals surface area contributed by atoms with Crippen molar-refractivity contribution in [2.45, 2.75) is 39.5 Å². The molecule has 11 heteroatoms. The van der Waals surface area contributed by atoms with Gasteiger partial charge in [-0.3, -0.25) is 4.79 Å². The normalized spacial score (nSPS) is 11.6. The molecule has 0 unspecified atom stereocenters. The highest BCUT2D eigenvalue weighted by atomic mass is 19.4. The monoisotopic (exact) mass is 487 g/mol. The number of ether oxygens (including phenoxy) is 1. The number of carbonyl (C=O) groups is 1. The molecule has 0 atom stereocenters. The minimum atomic E-state index is -4.68. The second kappa shape index (κ2) is 9.69. The van der Waals surface area contributed by atoms with E-state index in [0.29, 0.717) is 28.4 Å². The lowest BCUT2D eigenvalue weighted by atomic mass is 10.1. The minimum Gasteiger partial charge on any atom is -0.489 e. The Labute approximate surface area is 197 Å². The fraction of sp³-hybridized carbons (Fsp3) is 0.250. The van der Waals surface area contributed by atoms with Gasteiger partial charge in [-0.2, -0.15) is 18.2 Å². The Bertz CT molecular complexity index is 1370. The Hall–Kier alpha value is -4.02. The lowest BCUT2D eigenvalue weighted by Gasteiger charge is -2.11. The van der Waals surface area contributed by atoms with Gasteiger partial charge in [0.1, 0.15) is 18.2 Å². The molecule has 0 aliphatic heterocycles. The molecule has 4 rings (SSSR count). The van der Waals surface area contributed by atoms with Crippen LogP contribution in [0, 0.1) is 19.7 Å². The first-order valence-electron chi connectivity index (χ1n) is 10.7. The Morgan fingerprint density at radius 2 is 1.83 bits per heavy atom. The number of hydrogen-bond donors (Lipinski definition) is 1. The van der Waals surface area contributed by atoms with Gasteiger partial charge in [0.05, 0.1) is 0 Å². The highest BCUT2D eigenvalue weighted by Crippen LogP contribution is 2.27. The van der Waals surface area contributed by atoms with Crippen molar-refractivity contribution in [2.75, 3.05) is 5.32 Å². The number of halogens is 4. The summed E-state index contributed by atoms with van der Waals surface area (Å²) >= 11 is 0. The van der Waals surface area contributed by atoms with E-state index in [1.807, 2.05) is 0 Å². The molecule has 2 heterocycles. The quantitative estimate of drug-likeness (QED) is 0.369. The van der Waals surface area contributed by atoms with E-state index in [4.69, 9.17) is 4.74 Å². The van der Waals surface area contributed by atoms with Crippen LogP contribution in [0.3, 0.4) is 0 Å². The molecular formula is C24H21F4N5O2. The molecule has 2 aromatic carbocycles. The number of amides is 1. The van der Waals surface area contributed by atoms with Gasteiger partial charge in [0, 0.05) is 29.6 Å². The number of benzene rings is 2. The fourth-order valence-corrected chi connectivity index (χ4v) is 3.56. The minimum absolute atomic E-state index is 0.0797. The van der Waals surface area contributed by atoms with Crippen LogP contribution in [0.1, 0.15) is 34.8 Å². The molecule has 35 heavy (non-hydrogen) atoms. The number of rotatable bonds is 7. The van der Waals surface area contributed by atoms with Crippen LogP contribution < -0.4 is 10.1 Å². The van der Waals surface area contributed by atoms with E-state index in [0.717, 1.165) is 10.1 Å². The van der Waals surface area contributed by atoms with E-state index in [-0.39, 0.29) is 37.0 Å². The number of nitrogens with zero attached hydrogens (tertiary/aromatic N) is 4. The molecule has 4 aromatic rings. The van der Waals surface area contributed by atoms with E-state index in [1.165, 1.54) is 12.1 Å². The van der Waals surface area contributed by atoms with E-state index >= 15 is 0 Å². The van der Waals surface area contributed by atoms with Crippen molar-refractivity contribution >= 4 is 17.4 Å². The van der Waals surface area contributed by atoms with Gasteiger partial charge in [0.15, 0.2) is 0 Å². The molecule has 2 aromatic heterocycles. The summed E-state index contributed by atoms with van der Waals surface area (Å²) in [7, 11) is 0. The number of aryl methyl sites for hydroxylation is 2. The van der Waals surface area contributed by atoms with E-state index < -0.39 is 12.0 Å². The van der Waals surface area contributed by atoms with Crippen molar-refractivity contribution in [3.05, 3.63) is 82.7 Å². The van der Waals surface area contributed by atoms with Crippen molar-refractivity contribution < 1.29 is 27.1 Å². The van der Waals surface area contributed by atoms with Gasteiger partial charge in [-0.15, -0.1) is 5.10 Å². The topological polar surface area (TPSA) is 81.4 Å². The molecule has 1 amide bonds. The van der Waals surface area contributed by atoms with Crippen LogP contribution >= 0.6 is 0 Å². The maximum Gasteiger partial charge on any atom is 0.453 e. The number of anilines is 1. The maximum absolute atomic E-state index is 13.0. The van der Waals surface area contributed by atoms with Crippen LogP contribution in [-0.4, -0.2) is 25.5 Å². The summed E-state index contributed by atoms with van der Waals surface area (Å²) in [6.45, 7) is 3.51. The predicted molar refractivity (Wildman–Crippen MR) is 119 cm³/mol. The standard InChI is InChI=1S/C24H21F4N5O2/c1-14-20(15(2)33-23(29-14)31-22(32-33)24(26,27)28)10-11-21(34)30-18-4-3-5-19(12-18)35-13-16-6-8-17(25)9-7-16/h3-9,12H,10-11,13H2,1-2H3,(H,30,34). The third kappa shape index (κ3) is 5.73. The Morgan fingerprint density at radius 3 is 2.54 bits per heavy atom. The summed E-state index contributed by atoms with van der Waals surface area (Å²) in [5.41, 5.74) is 2.88. The summed E-state index contributed by atoms with van der Waals surface area (Å²) in [5, 5.41) is 6.30. The Kier molecular flexibility index (Phi) is 6.68. The van der Waals surface area contributed by atoms with Crippen molar-refractivity contribution in [1.82, 2.24) is 19.6 Å². The van der Waals surface area contributed by atoms with Gasteiger partial charge >= 0.3 is 6.18 Å². The molecule has 7 nitrogen and oxygen atoms in total. The van der Waals surface area contributed by atoms with Gasteiger partial charge in [-0.25, -0.2) is 13.9 Å². The second-order valence-corrected chi connectivity index (χ2v) is 7.90. The number of alkyl halides is 3. The zero-order chi connectivity index (χ0) is 25.2. The molecule has 0 saturated heterocycles. The summed E-state index contributed by atoms with van der Waals surface area (Å²) in [5.74, 6) is -1.48. The molecule has 0 radical (unpaired) electrons. The molecular weight excluding hydrogens is 466 g/mol. The summed E-state index contributed by atoms with van der Waals surface area (Å²) in [6.07, 6.45) is -4.34. The van der Waals surface area contributed by atoms with Crippen molar-refractivity contribution in [3.63, 3.8) is 0 Å². The molecule has 0 aliphatic carbocycles. The van der Waals surface area contributed by atoms with Crippen LogP contribution in [0.4, 0.5) is 23.2 Å². The summed E-state index contributed by atoms with van der Waals surface area (Å²) in [6, 6.07) is 12.8. The van der Waals surface area contributed by atoms with Crippen molar-refractivity contribution in [2.24, 2.45) is 0 Å². The average Bonchev–Trinajstić information content (AvgIpc) is 3.24. The Morgan fingerprint density at radius 1 is 1.09 bits per heavy atom. The number of carbonyl (C=O) groups excluding carboxylic acids is 1. The molecule has 0 saturated carbocycles. The highest BCUT2D eigenvalue weighted by Gasteiger charge is 2.37. The molecule has 0 bridgehead atoms. The average molecular weight is 487 g/mol. The van der Waals surface area contributed by atoms with Crippen LogP contribution in [0.25, 0.3) is 5.78 Å². The van der Waals surface area contributed by atoms with Gasteiger partial charge in [0.2, 0.25) is 5.91 Å². The summed E-state index contributed by atoms with van der Waals surface area (Å²) in [4.78, 5) is 20.1. The number of nitrogens with one attached hydrogen (secondary N) is 1. The van der Waals surface area contributed by atoms with E-state index in [1.54, 1.807) is 50.2 Å². The molecule has 0 fully saturated rings. The van der Waals surface area contributed by atoms with Gasteiger partial charge in [-0.1, -0.05) is 18.2 Å². The largest absolute Gasteiger partial charge is 0.489 e. The molecule has 0 spiro atoms. The lowest BCUT2D eigenvalue weighted by molar-refractivity contribution is -0.144. The predicted octanol–water partition coefficient (Wildman–Crippen LogP) is 5.05. The molecule has 182 valence electrons. The number of hydrogen-bond acceptors (Lipinski definition) is 5. The van der Waals surface area contributed by atoms with Gasteiger partial charge in [-0.05, 0) is 55.7 Å². The van der Waals surface area contributed by atoms with Crippen LogP contribution in [0.5, 0.6) is 5.75 Å². The van der Waals surface area contributed by atoms with Gasteiger partial charge in [0.25, 0.3) is 11.6 Å².